The van der Waals surface area contributed by atoms with Gasteiger partial charge in [-0.2, -0.15) is 13.2 Å². The first kappa shape index (κ1) is 26.3. The Morgan fingerprint density at radius 2 is 1.69 bits per heavy atom. The fourth-order valence-electron chi connectivity index (χ4n) is 4.97. The molecule has 9 heteroatoms. The van der Waals surface area contributed by atoms with E-state index in [0.717, 1.165) is 28.8 Å². The fourth-order valence-corrected chi connectivity index (χ4v) is 4.97. The highest BCUT2D eigenvalue weighted by Crippen LogP contribution is 2.41. The minimum absolute atomic E-state index is 0.0120. The van der Waals surface area contributed by atoms with Crippen molar-refractivity contribution in [1.29, 1.82) is 0 Å². The molecule has 3 aromatic carbocycles. The molecule has 0 radical (unpaired) electrons. The standard InChI is InChI=1S/C30H27F3N2O4/c1-18-24(34-29(39-18)20-9-11-22(12-10-20)30(31,32)33)17-27(36)35-14-13-21-15-25(37-2)26(38-3)16-23(21)28(35)19-7-5-4-6-8-19/h4-12,15-16,28H,13-14,17H2,1-3H3. The molecule has 5 rings (SSSR count). The van der Waals surface area contributed by atoms with E-state index in [2.05, 4.69) is 4.98 Å². The summed E-state index contributed by atoms with van der Waals surface area (Å²) in [7, 11) is 3.17. The van der Waals surface area contributed by atoms with Crippen LogP contribution in [-0.4, -0.2) is 36.6 Å². The smallest absolute Gasteiger partial charge is 0.416 e. The number of amides is 1. The molecule has 1 aliphatic heterocycles. The first-order chi connectivity index (χ1) is 18.7. The van der Waals surface area contributed by atoms with Gasteiger partial charge in [0.1, 0.15) is 5.76 Å². The number of nitrogens with zero attached hydrogens (tertiary/aromatic N) is 2. The summed E-state index contributed by atoms with van der Waals surface area (Å²) in [4.78, 5) is 20.1. The van der Waals surface area contributed by atoms with Gasteiger partial charge in [-0.3, -0.25) is 4.79 Å². The van der Waals surface area contributed by atoms with Crippen molar-refractivity contribution in [1.82, 2.24) is 9.88 Å². The van der Waals surface area contributed by atoms with Crippen LogP contribution < -0.4 is 9.47 Å². The number of carbonyl (C=O) groups is 1. The highest BCUT2D eigenvalue weighted by Gasteiger charge is 2.34. The summed E-state index contributed by atoms with van der Waals surface area (Å²) in [6.07, 6.45) is -3.80. The summed E-state index contributed by atoms with van der Waals surface area (Å²) < 4.78 is 55.6. The van der Waals surface area contributed by atoms with Crippen molar-refractivity contribution in [2.75, 3.05) is 20.8 Å². The molecule has 4 aromatic rings. The Kier molecular flexibility index (Phi) is 7.08. The Balaban J connectivity index is 1.45. The van der Waals surface area contributed by atoms with Gasteiger partial charge in [-0.05, 0) is 66.4 Å². The molecule has 1 aromatic heterocycles. The summed E-state index contributed by atoms with van der Waals surface area (Å²) in [5.41, 5.74) is 3.09. The van der Waals surface area contributed by atoms with E-state index in [1.54, 1.807) is 21.1 Å². The van der Waals surface area contributed by atoms with E-state index in [-0.39, 0.29) is 24.3 Å². The number of ether oxygens (including phenoxy) is 2. The minimum Gasteiger partial charge on any atom is -0.493 e. The Morgan fingerprint density at radius 1 is 1.03 bits per heavy atom. The van der Waals surface area contributed by atoms with Gasteiger partial charge in [0.2, 0.25) is 11.8 Å². The molecule has 1 aliphatic rings. The largest absolute Gasteiger partial charge is 0.493 e. The molecule has 0 bridgehead atoms. The van der Waals surface area contributed by atoms with E-state index in [4.69, 9.17) is 13.9 Å². The van der Waals surface area contributed by atoms with Crippen LogP contribution in [0.25, 0.3) is 11.5 Å². The van der Waals surface area contributed by atoms with E-state index in [0.29, 0.717) is 41.5 Å². The molecule has 1 unspecified atom stereocenters. The number of carbonyl (C=O) groups excluding carboxylic acids is 1. The maximum Gasteiger partial charge on any atom is 0.416 e. The van der Waals surface area contributed by atoms with Crippen LogP contribution in [-0.2, 0) is 23.8 Å². The quantitative estimate of drug-likeness (QED) is 0.285. The number of rotatable bonds is 6. The van der Waals surface area contributed by atoms with Gasteiger partial charge in [-0.1, -0.05) is 30.3 Å². The Bertz CT molecular complexity index is 1480. The first-order valence-corrected chi connectivity index (χ1v) is 12.4. The average Bonchev–Trinajstić information content (AvgIpc) is 3.31. The highest BCUT2D eigenvalue weighted by molar-refractivity contribution is 5.80. The molecule has 39 heavy (non-hydrogen) atoms. The second-order valence-electron chi connectivity index (χ2n) is 9.33. The zero-order chi connectivity index (χ0) is 27.7. The maximum absolute atomic E-state index is 13.8. The summed E-state index contributed by atoms with van der Waals surface area (Å²) in [6.45, 7) is 2.18. The predicted molar refractivity (Wildman–Crippen MR) is 139 cm³/mol. The van der Waals surface area contributed by atoms with Crippen LogP contribution in [0, 0.1) is 6.92 Å². The molecule has 0 fully saturated rings. The van der Waals surface area contributed by atoms with Crippen molar-refractivity contribution in [2.24, 2.45) is 0 Å². The number of benzene rings is 3. The summed E-state index contributed by atoms with van der Waals surface area (Å²) in [6, 6.07) is 17.9. The number of oxazole rings is 1. The third-order valence-electron chi connectivity index (χ3n) is 6.98. The highest BCUT2D eigenvalue weighted by atomic mass is 19.4. The molecule has 0 spiro atoms. The fraction of sp³-hybridized carbons (Fsp3) is 0.267. The summed E-state index contributed by atoms with van der Waals surface area (Å²) >= 11 is 0. The number of halogens is 3. The van der Waals surface area contributed by atoms with Gasteiger partial charge in [0.15, 0.2) is 11.5 Å². The van der Waals surface area contributed by atoms with Crippen LogP contribution in [0.1, 0.15) is 39.7 Å². The van der Waals surface area contributed by atoms with Crippen molar-refractivity contribution >= 4 is 5.91 Å². The van der Waals surface area contributed by atoms with Crippen molar-refractivity contribution in [2.45, 2.75) is 32.0 Å². The molecule has 202 valence electrons. The lowest BCUT2D eigenvalue weighted by molar-refractivity contribution is -0.137. The van der Waals surface area contributed by atoms with E-state index >= 15 is 0 Å². The van der Waals surface area contributed by atoms with Crippen LogP contribution in [0.2, 0.25) is 0 Å². The molecule has 6 nitrogen and oxygen atoms in total. The van der Waals surface area contributed by atoms with E-state index < -0.39 is 11.7 Å². The van der Waals surface area contributed by atoms with Gasteiger partial charge in [-0.15, -0.1) is 0 Å². The van der Waals surface area contributed by atoms with Gasteiger partial charge >= 0.3 is 6.18 Å². The lowest BCUT2D eigenvalue weighted by atomic mass is 9.87. The lowest BCUT2D eigenvalue weighted by Crippen LogP contribution is -2.41. The zero-order valence-electron chi connectivity index (χ0n) is 21.7. The number of alkyl halides is 3. The minimum atomic E-state index is -4.43. The Labute approximate surface area is 224 Å². The van der Waals surface area contributed by atoms with Crippen LogP contribution in [0.3, 0.4) is 0 Å². The normalized spacial score (nSPS) is 15.1. The second-order valence-corrected chi connectivity index (χ2v) is 9.33. The zero-order valence-corrected chi connectivity index (χ0v) is 21.7. The van der Waals surface area contributed by atoms with E-state index in [1.165, 1.54) is 12.1 Å². The third-order valence-corrected chi connectivity index (χ3v) is 6.98. The Morgan fingerprint density at radius 3 is 2.33 bits per heavy atom. The maximum atomic E-state index is 13.8. The Hall–Kier alpha value is -4.27. The average molecular weight is 537 g/mol. The molecule has 0 aliphatic carbocycles. The number of aryl methyl sites for hydroxylation is 1. The van der Waals surface area contributed by atoms with Crippen molar-refractivity contribution in [3.05, 3.63) is 100 Å². The van der Waals surface area contributed by atoms with Gasteiger partial charge in [0, 0.05) is 12.1 Å². The van der Waals surface area contributed by atoms with Crippen molar-refractivity contribution in [3.63, 3.8) is 0 Å². The van der Waals surface area contributed by atoms with Gasteiger partial charge in [0.25, 0.3) is 0 Å². The van der Waals surface area contributed by atoms with E-state index in [1.807, 2.05) is 47.4 Å². The van der Waals surface area contributed by atoms with Gasteiger partial charge in [0.05, 0.1) is 37.9 Å². The summed E-state index contributed by atoms with van der Waals surface area (Å²) in [5, 5.41) is 0. The van der Waals surface area contributed by atoms with Crippen LogP contribution in [0.4, 0.5) is 13.2 Å². The van der Waals surface area contributed by atoms with E-state index in [9.17, 15) is 18.0 Å². The summed E-state index contributed by atoms with van der Waals surface area (Å²) in [5.74, 6) is 1.69. The first-order valence-electron chi connectivity index (χ1n) is 12.4. The predicted octanol–water partition coefficient (Wildman–Crippen LogP) is 6.40. The number of hydrogen-bond donors (Lipinski definition) is 0. The third kappa shape index (κ3) is 5.21. The van der Waals surface area contributed by atoms with Crippen molar-refractivity contribution in [3.8, 4) is 23.0 Å². The van der Waals surface area contributed by atoms with Crippen LogP contribution in [0.15, 0.2) is 71.1 Å². The SMILES string of the molecule is COc1cc2c(cc1OC)C(c1ccccc1)N(C(=O)Cc1nc(-c3ccc(C(F)(F)F)cc3)oc1C)CC2. The number of fused-ring (bicyclic) bond motifs is 1. The molecule has 0 N–H and O–H groups in total. The van der Waals surface area contributed by atoms with Crippen LogP contribution in [0.5, 0.6) is 11.5 Å². The van der Waals surface area contributed by atoms with Crippen molar-refractivity contribution < 1.29 is 31.9 Å². The topological polar surface area (TPSA) is 64.8 Å². The van der Waals surface area contributed by atoms with Crippen LogP contribution >= 0.6 is 0 Å². The molecular weight excluding hydrogens is 509 g/mol. The monoisotopic (exact) mass is 536 g/mol. The van der Waals surface area contributed by atoms with Gasteiger partial charge < -0.3 is 18.8 Å². The molecule has 0 saturated carbocycles. The molecule has 2 heterocycles. The second kappa shape index (κ2) is 10.5. The number of aromatic nitrogens is 1. The van der Waals surface area contributed by atoms with Gasteiger partial charge in [-0.25, -0.2) is 4.98 Å². The lowest BCUT2D eigenvalue weighted by Gasteiger charge is -2.38. The molecule has 0 saturated heterocycles. The number of hydrogen-bond acceptors (Lipinski definition) is 5. The molecule has 1 amide bonds. The molecular formula is C30H27F3N2O4. The number of methoxy groups -OCH3 is 2. The molecule has 1 atom stereocenters.